The Bertz CT molecular complexity index is 509. The van der Waals surface area contributed by atoms with Crippen LogP contribution in [-0.4, -0.2) is 36.9 Å². The van der Waals surface area contributed by atoms with Crippen molar-refractivity contribution in [3.8, 4) is 17.2 Å². The minimum atomic E-state index is -0.626. The van der Waals surface area contributed by atoms with E-state index in [4.69, 9.17) is 15.2 Å². The summed E-state index contributed by atoms with van der Waals surface area (Å²) in [4.78, 5) is 2.04. The molecule has 0 radical (unpaired) electrons. The molecule has 2 atom stereocenters. The first-order valence-corrected chi connectivity index (χ1v) is 6.33. The van der Waals surface area contributed by atoms with Gasteiger partial charge in [-0.2, -0.15) is 0 Å². The van der Waals surface area contributed by atoms with Crippen molar-refractivity contribution in [1.29, 1.82) is 0 Å². The van der Waals surface area contributed by atoms with Crippen LogP contribution in [0.2, 0.25) is 0 Å². The Morgan fingerprint density at radius 3 is 3.00 bits per heavy atom. The molecule has 2 aliphatic heterocycles. The molecule has 0 saturated carbocycles. The van der Waals surface area contributed by atoms with Crippen LogP contribution in [-0.2, 0) is 0 Å². The van der Waals surface area contributed by atoms with E-state index in [-0.39, 0.29) is 12.8 Å². The Kier molecular flexibility index (Phi) is 2.99. The number of hydrogen-bond donors (Lipinski definition) is 2. The molecule has 2 unspecified atom stereocenters. The summed E-state index contributed by atoms with van der Waals surface area (Å²) in [5.41, 5.74) is 6.07. The number of phenolic OH excluding ortho intramolecular Hbond substituents is 1. The molecule has 1 fully saturated rings. The van der Waals surface area contributed by atoms with Gasteiger partial charge >= 0.3 is 0 Å². The van der Waals surface area contributed by atoms with Crippen molar-refractivity contribution in [1.82, 2.24) is 4.90 Å². The lowest BCUT2D eigenvalue weighted by molar-refractivity contribution is 0.171. The zero-order chi connectivity index (χ0) is 13.6. The van der Waals surface area contributed by atoms with Crippen LogP contribution >= 0.6 is 0 Å². The van der Waals surface area contributed by atoms with E-state index < -0.39 is 11.6 Å². The largest absolute Gasteiger partial charge is 0.505 e. The van der Waals surface area contributed by atoms with Gasteiger partial charge in [-0.25, -0.2) is 4.39 Å². The molecule has 0 aliphatic carbocycles. The van der Waals surface area contributed by atoms with Crippen molar-refractivity contribution in [2.45, 2.75) is 12.5 Å². The standard InChI is InChI=1S/C13H17FN2O3/c1-16-5-7(4-15)2-8(16)11-12(14)9(17)3-10-13(11)19-6-18-10/h3,7-8,17H,2,4-6,15H2,1H3. The van der Waals surface area contributed by atoms with Crippen LogP contribution in [0.3, 0.4) is 0 Å². The SMILES string of the molecule is CN1CC(CN)CC1c1c(F)c(O)cc2c1OCO2. The highest BCUT2D eigenvalue weighted by atomic mass is 19.1. The van der Waals surface area contributed by atoms with Crippen LogP contribution in [0.5, 0.6) is 17.2 Å². The maximum atomic E-state index is 14.3. The minimum Gasteiger partial charge on any atom is -0.505 e. The van der Waals surface area contributed by atoms with Crippen LogP contribution in [0, 0.1) is 11.7 Å². The van der Waals surface area contributed by atoms with Gasteiger partial charge in [0.05, 0.1) is 5.56 Å². The summed E-state index contributed by atoms with van der Waals surface area (Å²) in [6.07, 6.45) is 0.753. The number of ether oxygens (including phenoxy) is 2. The van der Waals surface area contributed by atoms with Gasteiger partial charge < -0.3 is 20.3 Å². The molecule has 1 saturated heterocycles. The Labute approximate surface area is 110 Å². The van der Waals surface area contributed by atoms with Gasteiger partial charge in [0.2, 0.25) is 6.79 Å². The number of aromatic hydroxyl groups is 1. The fourth-order valence-corrected chi connectivity index (χ4v) is 2.94. The van der Waals surface area contributed by atoms with E-state index in [2.05, 4.69) is 0 Å². The van der Waals surface area contributed by atoms with E-state index in [1.54, 1.807) is 0 Å². The van der Waals surface area contributed by atoms with E-state index >= 15 is 0 Å². The third kappa shape index (κ3) is 1.91. The average molecular weight is 268 g/mol. The second kappa shape index (κ2) is 4.54. The lowest BCUT2D eigenvalue weighted by atomic mass is 9.98. The highest BCUT2D eigenvalue weighted by Gasteiger charge is 2.37. The fourth-order valence-electron chi connectivity index (χ4n) is 2.94. The highest BCUT2D eigenvalue weighted by Crippen LogP contribution is 2.48. The Hall–Kier alpha value is -1.53. The number of likely N-dealkylation sites (tertiary alicyclic amines) is 1. The first kappa shape index (κ1) is 12.5. The molecule has 0 amide bonds. The number of benzene rings is 1. The molecule has 6 heteroatoms. The normalized spacial score (nSPS) is 26.1. The zero-order valence-corrected chi connectivity index (χ0v) is 10.7. The van der Waals surface area contributed by atoms with Gasteiger partial charge in [0.15, 0.2) is 23.1 Å². The van der Waals surface area contributed by atoms with Gasteiger partial charge in [-0.15, -0.1) is 0 Å². The number of fused-ring (bicyclic) bond motifs is 1. The molecule has 2 aliphatic rings. The topological polar surface area (TPSA) is 68.0 Å². The number of nitrogens with two attached hydrogens (primary N) is 1. The number of hydrogen-bond acceptors (Lipinski definition) is 5. The van der Waals surface area contributed by atoms with Crippen LogP contribution in [0.25, 0.3) is 0 Å². The minimum absolute atomic E-state index is 0.0575. The summed E-state index contributed by atoms with van der Waals surface area (Å²) in [6.45, 7) is 1.44. The van der Waals surface area contributed by atoms with Crippen molar-refractivity contribution in [2.75, 3.05) is 26.9 Å². The van der Waals surface area contributed by atoms with Gasteiger partial charge in [0, 0.05) is 18.7 Å². The van der Waals surface area contributed by atoms with Crippen molar-refractivity contribution in [3.63, 3.8) is 0 Å². The van der Waals surface area contributed by atoms with Crippen LogP contribution in [0.1, 0.15) is 18.0 Å². The molecule has 1 aromatic carbocycles. The van der Waals surface area contributed by atoms with Crippen molar-refractivity contribution in [3.05, 3.63) is 17.4 Å². The molecule has 0 aromatic heterocycles. The van der Waals surface area contributed by atoms with Crippen LogP contribution < -0.4 is 15.2 Å². The molecule has 5 nitrogen and oxygen atoms in total. The summed E-state index contributed by atoms with van der Waals surface area (Å²) in [6, 6.07) is 1.12. The third-order valence-electron chi connectivity index (χ3n) is 3.92. The Morgan fingerprint density at radius 2 is 2.32 bits per heavy atom. The number of halogens is 1. The average Bonchev–Trinajstić information content (AvgIpc) is 2.97. The van der Waals surface area contributed by atoms with Crippen molar-refractivity contribution < 1.29 is 19.0 Å². The predicted octanol–water partition coefficient (Wildman–Crippen LogP) is 1.21. The molecular weight excluding hydrogens is 251 g/mol. The number of nitrogens with zero attached hydrogens (tertiary/aromatic N) is 1. The summed E-state index contributed by atoms with van der Waals surface area (Å²) in [7, 11) is 1.92. The first-order chi connectivity index (χ1) is 9.11. The molecule has 1 aromatic rings. The van der Waals surface area contributed by atoms with Gasteiger partial charge in [0.1, 0.15) is 0 Å². The lowest BCUT2D eigenvalue weighted by Gasteiger charge is -2.21. The van der Waals surface area contributed by atoms with Crippen LogP contribution in [0.15, 0.2) is 6.07 Å². The number of rotatable bonds is 2. The smallest absolute Gasteiger partial charge is 0.231 e. The molecule has 3 N–H and O–H groups in total. The maximum absolute atomic E-state index is 14.3. The quantitative estimate of drug-likeness (QED) is 0.844. The van der Waals surface area contributed by atoms with E-state index in [1.807, 2.05) is 11.9 Å². The molecule has 0 bridgehead atoms. The summed E-state index contributed by atoms with van der Waals surface area (Å²) in [5, 5.41) is 9.68. The monoisotopic (exact) mass is 268 g/mol. The van der Waals surface area contributed by atoms with Gasteiger partial charge in [-0.1, -0.05) is 0 Å². The van der Waals surface area contributed by atoms with Gasteiger partial charge in [-0.3, -0.25) is 4.90 Å². The zero-order valence-electron chi connectivity index (χ0n) is 10.7. The first-order valence-electron chi connectivity index (χ1n) is 6.33. The van der Waals surface area contributed by atoms with E-state index in [0.29, 0.717) is 29.5 Å². The van der Waals surface area contributed by atoms with Crippen molar-refractivity contribution in [2.24, 2.45) is 11.7 Å². The summed E-state index contributed by atoms with van der Waals surface area (Å²) >= 11 is 0. The fraction of sp³-hybridized carbons (Fsp3) is 0.538. The predicted molar refractivity (Wildman–Crippen MR) is 66.7 cm³/mol. The lowest BCUT2D eigenvalue weighted by Crippen LogP contribution is -2.21. The summed E-state index contributed by atoms with van der Waals surface area (Å²) < 4.78 is 24.9. The maximum Gasteiger partial charge on any atom is 0.231 e. The molecular formula is C13H17FN2O3. The third-order valence-corrected chi connectivity index (χ3v) is 3.92. The van der Waals surface area contributed by atoms with E-state index in [9.17, 15) is 9.50 Å². The molecule has 3 rings (SSSR count). The Balaban J connectivity index is 2.05. The molecule has 2 heterocycles. The molecule has 104 valence electrons. The molecule has 19 heavy (non-hydrogen) atoms. The van der Waals surface area contributed by atoms with Gasteiger partial charge in [0.25, 0.3) is 0 Å². The van der Waals surface area contributed by atoms with Crippen molar-refractivity contribution >= 4 is 0 Å². The van der Waals surface area contributed by atoms with E-state index in [0.717, 1.165) is 13.0 Å². The summed E-state index contributed by atoms with van der Waals surface area (Å²) in [5.74, 6) is 0.112. The second-order valence-electron chi connectivity index (χ2n) is 5.15. The highest BCUT2D eigenvalue weighted by molar-refractivity contribution is 5.55. The Morgan fingerprint density at radius 1 is 1.53 bits per heavy atom. The number of phenols is 1. The van der Waals surface area contributed by atoms with Crippen LogP contribution in [0.4, 0.5) is 4.39 Å². The van der Waals surface area contributed by atoms with E-state index in [1.165, 1.54) is 6.07 Å². The molecule has 0 spiro atoms. The van der Waals surface area contributed by atoms with Gasteiger partial charge in [-0.05, 0) is 25.9 Å². The second-order valence-corrected chi connectivity index (χ2v) is 5.15.